The number of alkyl halides is 3. The first-order chi connectivity index (χ1) is 17.0. The van der Waals surface area contributed by atoms with Gasteiger partial charge >= 0.3 is 6.18 Å². The molecule has 0 spiro atoms. The molecule has 3 rings (SSSR count). The number of carbonyl (C=O) groups excluding carboxylic acids is 1. The Morgan fingerprint density at radius 1 is 0.972 bits per heavy atom. The molecule has 0 radical (unpaired) electrons. The van der Waals surface area contributed by atoms with Gasteiger partial charge in [-0.3, -0.25) is 9.10 Å². The molecule has 0 aromatic heterocycles. The molecule has 36 heavy (non-hydrogen) atoms. The Morgan fingerprint density at radius 3 is 2.36 bits per heavy atom. The summed E-state index contributed by atoms with van der Waals surface area (Å²) in [6, 6.07) is 16.2. The van der Waals surface area contributed by atoms with Gasteiger partial charge in [0.2, 0.25) is 5.91 Å². The Hall–Kier alpha value is -2.40. The van der Waals surface area contributed by atoms with E-state index in [0.717, 1.165) is 17.7 Å². The Kier molecular flexibility index (Phi) is 9.57. The number of benzene rings is 3. The molecule has 12 heteroatoms. The number of hydrogen-bond acceptors (Lipinski definition) is 4. The molecule has 3 aromatic carbocycles. The Bertz CT molecular complexity index is 1310. The van der Waals surface area contributed by atoms with Crippen LogP contribution in [0.5, 0.6) is 0 Å². The SMILES string of the molecule is O=C(CN(c1cccc(C(F)(F)F)c1)S(=O)(=O)c1ccccc1)NCCSCc1ccc(Cl)cc1Cl. The first-order valence-corrected chi connectivity index (χ1v) is 13.9. The second-order valence-corrected chi connectivity index (χ2v) is 11.3. The van der Waals surface area contributed by atoms with Crippen LogP contribution in [-0.2, 0) is 26.7 Å². The van der Waals surface area contributed by atoms with Gasteiger partial charge in [-0.1, -0.05) is 53.5 Å². The number of anilines is 1. The Balaban J connectivity index is 1.70. The topological polar surface area (TPSA) is 66.5 Å². The van der Waals surface area contributed by atoms with E-state index in [-0.39, 0.29) is 17.1 Å². The van der Waals surface area contributed by atoms with Gasteiger partial charge in [-0.15, -0.1) is 0 Å². The highest BCUT2D eigenvalue weighted by Gasteiger charge is 2.33. The summed E-state index contributed by atoms with van der Waals surface area (Å²) >= 11 is 13.5. The molecule has 0 fully saturated rings. The molecule has 1 N–H and O–H groups in total. The monoisotopic (exact) mass is 576 g/mol. The predicted molar refractivity (Wildman–Crippen MR) is 138 cm³/mol. The van der Waals surface area contributed by atoms with Crippen molar-refractivity contribution in [3.05, 3.63) is 94.0 Å². The van der Waals surface area contributed by atoms with E-state index in [1.165, 1.54) is 42.1 Å². The molecule has 3 aromatic rings. The summed E-state index contributed by atoms with van der Waals surface area (Å²) in [5, 5.41) is 3.67. The Labute approximate surface area is 221 Å². The number of rotatable bonds is 10. The molecule has 0 heterocycles. The quantitative estimate of drug-likeness (QED) is 0.289. The molecule has 1 amide bonds. The summed E-state index contributed by atoms with van der Waals surface area (Å²) in [6.07, 6.45) is -4.68. The van der Waals surface area contributed by atoms with E-state index in [2.05, 4.69) is 5.32 Å². The molecule has 0 saturated carbocycles. The van der Waals surface area contributed by atoms with Crippen molar-refractivity contribution in [2.24, 2.45) is 0 Å². The van der Waals surface area contributed by atoms with Crippen LogP contribution in [0, 0.1) is 0 Å². The van der Waals surface area contributed by atoms with Gasteiger partial charge in [0.05, 0.1) is 16.1 Å². The molecule has 0 unspecified atom stereocenters. The summed E-state index contributed by atoms with van der Waals surface area (Å²) < 4.78 is 67.0. The summed E-state index contributed by atoms with van der Waals surface area (Å²) in [7, 11) is -4.32. The first-order valence-electron chi connectivity index (χ1n) is 10.5. The van der Waals surface area contributed by atoms with Gasteiger partial charge in [0.25, 0.3) is 10.0 Å². The minimum absolute atomic E-state index is 0.148. The summed E-state index contributed by atoms with van der Waals surface area (Å²) in [5.41, 5.74) is -0.413. The third kappa shape index (κ3) is 7.55. The van der Waals surface area contributed by atoms with Gasteiger partial charge in [-0.25, -0.2) is 8.42 Å². The van der Waals surface area contributed by atoms with Crippen molar-refractivity contribution >= 4 is 56.6 Å². The predicted octanol–water partition coefficient (Wildman–Crippen LogP) is 6.26. The van der Waals surface area contributed by atoms with Crippen LogP contribution in [0.1, 0.15) is 11.1 Å². The summed E-state index contributed by atoms with van der Waals surface area (Å²) in [6.45, 7) is -0.470. The average molecular weight is 577 g/mol. The highest BCUT2D eigenvalue weighted by molar-refractivity contribution is 7.98. The third-order valence-electron chi connectivity index (χ3n) is 4.92. The largest absolute Gasteiger partial charge is 0.416 e. The van der Waals surface area contributed by atoms with Crippen LogP contribution in [-0.4, -0.2) is 33.2 Å². The van der Waals surface area contributed by atoms with E-state index >= 15 is 0 Å². The molecule has 0 aliphatic carbocycles. The number of carbonyl (C=O) groups is 1. The highest BCUT2D eigenvalue weighted by atomic mass is 35.5. The zero-order valence-electron chi connectivity index (χ0n) is 18.6. The summed E-state index contributed by atoms with van der Waals surface area (Å²) in [4.78, 5) is 12.5. The van der Waals surface area contributed by atoms with E-state index in [0.29, 0.717) is 31.9 Å². The van der Waals surface area contributed by atoms with E-state index in [1.54, 1.807) is 24.3 Å². The maximum Gasteiger partial charge on any atom is 0.416 e. The molecular weight excluding hydrogens is 556 g/mol. The molecule has 0 aliphatic rings. The normalized spacial score (nSPS) is 11.8. The van der Waals surface area contributed by atoms with Crippen LogP contribution in [0.3, 0.4) is 0 Å². The van der Waals surface area contributed by atoms with Gasteiger partial charge in [0.1, 0.15) is 6.54 Å². The fourth-order valence-electron chi connectivity index (χ4n) is 3.14. The Morgan fingerprint density at radius 2 is 1.69 bits per heavy atom. The fraction of sp³-hybridized carbons (Fsp3) is 0.208. The van der Waals surface area contributed by atoms with Gasteiger partial charge in [-0.05, 0) is 48.0 Å². The van der Waals surface area contributed by atoms with Crippen LogP contribution in [0.4, 0.5) is 18.9 Å². The number of nitrogens with one attached hydrogen (secondary N) is 1. The lowest BCUT2D eigenvalue weighted by Gasteiger charge is -2.25. The van der Waals surface area contributed by atoms with Crippen molar-refractivity contribution in [1.29, 1.82) is 0 Å². The second-order valence-electron chi connectivity index (χ2n) is 7.51. The number of thioether (sulfide) groups is 1. The van der Waals surface area contributed by atoms with E-state index < -0.39 is 34.2 Å². The van der Waals surface area contributed by atoms with Crippen LogP contribution in [0.15, 0.2) is 77.7 Å². The molecular formula is C24H21Cl2F3N2O3S2. The van der Waals surface area contributed by atoms with E-state index in [1.807, 2.05) is 0 Å². The minimum atomic E-state index is -4.68. The number of amides is 1. The average Bonchev–Trinajstić information content (AvgIpc) is 2.83. The molecule has 0 aliphatic heterocycles. The third-order valence-corrected chi connectivity index (χ3v) is 8.30. The van der Waals surface area contributed by atoms with Crippen molar-refractivity contribution < 1.29 is 26.4 Å². The molecule has 0 saturated heterocycles. The number of nitrogens with zero attached hydrogens (tertiary/aromatic N) is 1. The van der Waals surface area contributed by atoms with Gasteiger partial charge in [-0.2, -0.15) is 24.9 Å². The van der Waals surface area contributed by atoms with E-state index in [9.17, 15) is 26.4 Å². The lowest BCUT2D eigenvalue weighted by Crippen LogP contribution is -2.41. The zero-order chi connectivity index (χ0) is 26.3. The number of halogens is 5. The smallest absolute Gasteiger partial charge is 0.354 e. The van der Waals surface area contributed by atoms with Crippen LogP contribution in [0.2, 0.25) is 10.0 Å². The zero-order valence-corrected chi connectivity index (χ0v) is 21.8. The van der Waals surface area contributed by atoms with Gasteiger partial charge < -0.3 is 5.32 Å². The van der Waals surface area contributed by atoms with Crippen molar-refractivity contribution in [1.82, 2.24) is 5.32 Å². The molecule has 0 bridgehead atoms. The molecule has 5 nitrogen and oxygen atoms in total. The highest BCUT2D eigenvalue weighted by Crippen LogP contribution is 2.33. The maximum atomic E-state index is 13.3. The molecule has 192 valence electrons. The van der Waals surface area contributed by atoms with Crippen molar-refractivity contribution in [2.75, 3.05) is 23.1 Å². The van der Waals surface area contributed by atoms with Gasteiger partial charge in [0.15, 0.2) is 0 Å². The maximum absolute atomic E-state index is 13.3. The number of sulfonamides is 1. The fourth-order valence-corrected chi connectivity index (χ4v) is 5.99. The van der Waals surface area contributed by atoms with Crippen LogP contribution >= 0.6 is 35.0 Å². The first kappa shape index (κ1) is 28.2. The van der Waals surface area contributed by atoms with Crippen LogP contribution < -0.4 is 9.62 Å². The van der Waals surface area contributed by atoms with Crippen LogP contribution in [0.25, 0.3) is 0 Å². The number of hydrogen-bond donors (Lipinski definition) is 1. The van der Waals surface area contributed by atoms with Crippen molar-refractivity contribution in [3.8, 4) is 0 Å². The minimum Gasteiger partial charge on any atom is -0.354 e. The van der Waals surface area contributed by atoms with Crippen molar-refractivity contribution in [3.63, 3.8) is 0 Å². The van der Waals surface area contributed by atoms with E-state index in [4.69, 9.17) is 23.2 Å². The molecule has 0 atom stereocenters. The van der Waals surface area contributed by atoms with Gasteiger partial charge in [0, 0.05) is 28.1 Å². The standard InChI is InChI=1S/C24H21Cl2F3N2O3S2/c25-19-10-9-17(22(26)14-19)16-35-12-11-30-23(32)15-31(36(33,34)21-7-2-1-3-8-21)20-6-4-5-18(13-20)24(27,28)29/h1-10,13-14H,11-12,15-16H2,(H,30,32). The van der Waals surface area contributed by atoms with Crippen molar-refractivity contribution in [2.45, 2.75) is 16.8 Å². The second kappa shape index (κ2) is 12.2. The lowest BCUT2D eigenvalue weighted by molar-refractivity contribution is -0.137. The summed E-state index contributed by atoms with van der Waals surface area (Å²) in [5.74, 6) is 0.418. The lowest BCUT2D eigenvalue weighted by atomic mass is 10.2.